The van der Waals surface area contributed by atoms with E-state index in [1.165, 1.54) is 16.7 Å². The Morgan fingerprint density at radius 3 is 2.37 bits per heavy atom. The first kappa shape index (κ1) is 12.1. The van der Waals surface area contributed by atoms with E-state index in [4.69, 9.17) is 4.98 Å². The zero-order valence-electron chi connectivity index (χ0n) is 11.1. The lowest BCUT2D eigenvalue weighted by molar-refractivity contribution is 1.34. The summed E-state index contributed by atoms with van der Waals surface area (Å²) in [6.45, 7) is 4.24. The van der Waals surface area contributed by atoms with Crippen LogP contribution < -0.4 is 5.19 Å². The number of hydrogen-bond donors (Lipinski definition) is 0. The van der Waals surface area contributed by atoms with Crippen molar-refractivity contribution < 1.29 is 0 Å². The average Bonchev–Trinajstić information content (AvgIpc) is 2.37. The van der Waals surface area contributed by atoms with Crippen LogP contribution in [0.2, 0.25) is 0 Å². The molecule has 1 heterocycles. The molecular formula is C17H14NSi. The van der Waals surface area contributed by atoms with E-state index in [0.717, 1.165) is 21.8 Å². The Hall–Kier alpha value is -1.93. The van der Waals surface area contributed by atoms with Crippen molar-refractivity contribution in [3.05, 3.63) is 59.7 Å². The Morgan fingerprint density at radius 1 is 0.895 bits per heavy atom. The lowest BCUT2D eigenvalue weighted by Gasteiger charge is -2.07. The highest BCUT2D eigenvalue weighted by atomic mass is 28.1. The van der Waals surface area contributed by atoms with Gasteiger partial charge in [0.2, 0.25) is 0 Å². The van der Waals surface area contributed by atoms with E-state index in [9.17, 15) is 0 Å². The predicted octanol–water partition coefficient (Wildman–Crippen LogP) is 3.31. The molecule has 0 unspecified atom stereocenters. The van der Waals surface area contributed by atoms with Gasteiger partial charge in [0.15, 0.2) is 0 Å². The second-order valence-corrected chi connectivity index (χ2v) is 5.48. The van der Waals surface area contributed by atoms with Crippen LogP contribution in [0.1, 0.15) is 11.1 Å². The summed E-state index contributed by atoms with van der Waals surface area (Å²) in [5.74, 6) is 0. The number of pyridine rings is 1. The largest absolute Gasteiger partial charge is 0.248 e. The minimum Gasteiger partial charge on any atom is -0.248 e. The summed E-state index contributed by atoms with van der Waals surface area (Å²) >= 11 is 0. The van der Waals surface area contributed by atoms with E-state index in [1.54, 1.807) is 0 Å². The monoisotopic (exact) mass is 260 g/mol. The van der Waals surface area contributed by atoms with Gasteiger partial charge in [0.05, 0.1) is 21.5 Å². The molecule has 0 spiro atoms. The molecule has 0 fully saturated rings. The molecule has 3 aromatic rings. The van der Waals surface area contributed by atoms with E-state index in [0.29, 0.717) is 0 Å². The van der Waals surface area contributed by atoms with Gasteiger partial charge in [0.1, 0.15) is 0 Å². The van der Waals surface area contributed by atoms with Crippen molar-refractivity contribution in [3.8, 4) is 11.3 Å². The number of hydrogen-bond acceptors (Lipinski definition) is 1. The number of nitrogens with zero attached hydrogens (tertiary/aromatic N) is 1. The maximum atomic E-state index is 4.76. The zero-order valence-corrected chi connectivity index (χ0v) is 12.1. The summed E-state index contributed by atoms with van der Waals surface area (Å²) < 4.78 is 0. The molecule has 3 rings (SSSR count). The molecule has 0 aliphatic carbocycles. The van der Waals surface area contributed by atoms with E-state index in [2.05, 4.69) is 54.4 Å². The minimum absolute atomic E-state index is 1.02. The Balaban J connectivity index is 2.20. The topological polar surface area (TPSA) is 12.9 Å². The standard InChI is InChI=1S/C17H14NSi/c1-11-8-12(2)10-13(9-11)15-7-6-14-16(18-15)4-3-5-17(14)19/h3-10H,1-2H3. The molecule has 1 nitrogen and oxygen atoms in total. The van der Waals surface area contributed by atoms with E-state index in [-0.39, 0.29) is 0 Å². The van der Waals surface area contributed by atoms with Crippen LogP contribution in [0.5, 0.6) is 0 Å². The fraction of sp³-hybridized carbons (Fsp3) is 0.118. The van der Waals surface area contributed by atoms with E-state index < -0.39 is 0 Å². The Morgan fingerprint density at radius 2 is 1.63 bits per heavy atom. The quantitative estimate of drug-likeness (QED) is 0.612. The molecule has 2 heteroatoms. The molecule has 0 N–H and O–H groups in total. The molecule has 0 bridgehead atoms. The van der Waals surface area contributed by atoms with Gasteiger partial charge in [0.25, 0.3) is 0 Å². The lowest BCUT2D eigenvalue weighted by Crippen LogP contribution is -2.03. The average molecular weight is 260 g/mol. The highest BCUT2D eigenvalue weighted by molar-refractivity contribution is 6.38. The molecule has 0 saturated carbocycles. The normalized spacial score (nSPS) is 10.9. The van der Waals surface area contributed by atoms with Gasteiger partial charge in [-0.05, 0) is 43.5 Å². The van der Waals surface area contributed by atoms with Crippen LogP contribution >= 0.6 is 0 Å². The van der Waals surface area contributed by atoms with Crippen LogP contribution in [0.15, 0.2) is 48.5 Å². The van der Waals surface area contributed by atoms with Crippen LogP contribution in [-0.2, 0) is 0 Å². The molecule has 0 amide bonds. The lowest BCUT2D eigenvalue weighted by atomic mass is 10.0. The van der Waals surface area contributed by atoms with Crippen molar-refractivity contribution in [2.75, 3.05) is 0 Å². The molecule has 0 saturated heterocycles. The summed E-state index contributed by atoms with van der Waals surface area (Å²) in [5.41, 5.74) is 5.76. The fourth-order valence-electron chi connectivity index (χ4n) is 2.44. The highest BCUT2D eigenvalue weighted by Gasteiger charge is 2.04. The second kappa shape index (κ2) is 4.63. The zero-order chi connectivity index (χ0) is 13.4. The van der Waals surface area contributed by atoms with Crippen molar-refractivity contribution >= 4 is 26.3 Å². The molecule has 91 valence electrons. The van der Waals surface area contributed by atoms with Crippen molar-refractivity contribution in [2.45, 2.75) is 13.8 Å². The number of benzene rings is 2. The maximum absolute atomic E-state index is 4.76. The summed E-state index contributed by atoms with van der Waals surface area (Å²) in [5, 5.41) is 2.23. The van der Waals surface area contributed by atoms with Gasteiger partial charge in [-0.3, -0.25) is 0 Å². The third-order valence-electron chi connectivity index (χ3n) is 3.25. The van der Waals surface area contributed by atoms with Gasteiger partial charge in [-0.25, -0.2) is 4.98 Å². The number of fused-ring (bicyclic) bond motifs is 1. The molecule has 2 aromatic carbocycles. The van der Waals surface area contributed by atoms with Crippen molar-refractivity contribution in [1.82, 2.24) is 4.98 Å². The van der Waals surface area contributed by atoms with Crippen LogP contribution in [-0.4, -0.2) is 15.2 Å². The van der Waals surface area contributed by atoms with E-state index >= 15 is 0 Å². The SMILES string of the molecule is Cc1cc(C)cc(-c2ccc3c([Si])cccc3n2)c1. The van der Waals surface area contributed by atoms with Gasteiger partial charge in [-0.1, -0.05) is 40.6 Å². The smallest absolute Gasteiger partial charge is 0.0721 e. The van der Waals surface area contributed by atoms with Crippen LogP contribution in [0.4, 0.5) is 0 Å². The molecule has 3 radical (unpaired) electrons. The first-order chi connectivity index (χ1) is 9.13. The van der Waals surface area contributed by atoms with Gasteiger partial charge in [-0.2, -0.15) is 0 Å². The minimum atomic E-state index is 1.02. The molecule has 19 heavy (non-hydrogen) atoms. The van der Waals surface area contributed by atoms with E-state index in [1.807, 2.05) is 18.2 Å². The van der Waals surface area contributed by atoms with Crippen molar-refractivity contribution in [3.63, 3.8) is 0 Å². The fourth-order valence-corrected chi connectivity index (χ4v) is 2.75. The molecule has 0 atom stereocenters. The number of aromatic nitrogens is 1. The molecular weight excluding hydrogens is 246 g/mol. The van der Waals surface area contributed by atoms with Gasteiger partial charge in [0, 0.05) is 5.56 Å². The third-order valence-corrected chi connectivity index (χ3v) is 3.69. The first-order valence-corrected chi connectivity index (χ1v) is 6.83. The molecule has 1 aromatic heterocycles. The number of aryl methyl sites for hydroxylation is 2. The van der Waals surface area contributed by atoms with Gasteiger partial charge in [-0.15, -0.1) is 0 Å². The maximum Gasteiger partial charge on any atom is 0.0721 e. The first-order valence-electron chi connectivity index (χ1n) is 6.33. The van der Waals surface area contributed by atoms with Crippen molar-refractivity contribution in [1.29, 1.82) is 0 Å². The summed E-state index contributed by atoms with van der Waals surface area (Å²) in [6.07, 6.45) is 0. The Kier molecular flexibility index (Phi) is 2.95. The highest BCUT2D eigenvalue weighted by Crippen LogP contribution is 2.22. The summed E-state index contributed by atoms with van der Waals surface area (Å²) in [6, 6.07) is 16.8. The van der Waals surface area contributed by atoms with Crippen LogP contribution in [0, 0.1) is 13.8 Å². The second-order valence-electron chi connectivity index (χ2n) is 4.95. The predicted molar refractivity (Wildman–Crippen MR) is 82.0 cm³/mol. The number of rotatable bonds is 1. The third kappa shape index (κ3) is 2.31. The Labute approximate surface area is 116 Å². The van der Waals surface area contributed by atoms with Crippen LogP contribution in [0.3, 0.4) is 0 Å². The summed E-state index contributed by atoms with van der Waals surface area (Å²) in [7, 11) is 3.61. The van der Waals surface area contributed by atoms with Crippen LogP contribution in [0.25, 0.3) is 22.2 Å². The molecule has 0 aliphatic heterocycles. The Bertz CT molecular complexity index is 742. The van der Waals surface area contributed by atoms with Gasteiger partial charge >= 0.3 is 0 Å². The summed E-state index contributed by atoms with van der Waals surface area (Å²) in [4.78, 5) is 4.76. The van der Waals surface area contributed by atoms with Crippen molar-refractivity contribution in [2.24, 2.45) is 0 Å². The molecule has 0 aliphatic rings. The van der Waals surface area contributed by atoms with Gasteiger partial charge < -0.3 is 0 Å².